The van der Waals surface area contributed by atoms with Gasteiger partial charge in [-0.15, -0.1) is 0 Å². The van der Waals surface area contributed by atoms with Crippen LogP contribution in [-0.2, 0) is 0 Å². The first-order chi connectivity index (χ1) is 9.68. The van der Waals surface area contributed by atoms with Gasteiger partial charge in [0, 0.05) is 10.9 Å². The molecule has 20 heavy (non-hydrogen) atoms. The zero-order valence-electron chi connectivity index (χ0n) is 11.6. The van der Waals surface area contributed by atoms with E-state index in [-0.39, 0.29) is 11.6 Å². The molecule has 0 aliphatic carbocycles. The van der Waals surface area contributed by atoms with Crippen LogP contribution in [-0.4, -0.2) is 9.78 Å². The van der Waals surface area contributed by atoms with Crippen LogP contribution in [0.2, 0.25) is 0 Å². The molecule has 0 amide bonds. The molecule has 1 heterocycles. The van der Waals surface area contributed by atoms with Gasteiger partial charge >= 0.3 is 0 Å². The van der Waals surface area contributed by atoms with E-state index in [0.29, 0.717) is 0 Å². The first kappa shape index (κ1) is 12.6. The molecule has 1 aromatic heterocycles. The maximum atomic E-state index is 12.5. The van der Waals surface area contributed by atoms with Gasteiger partial charge in [-0.2, -0.15) is 5.10 Å². The third kappa shape index (κ3) is 2.01. The van der Waals surface area contributed by atoms with Crippen LogP contribution in [0.3, 0.4) is 0 Å². The average molecular weight is 264 g/mol. The Kier molecular flexibility index (Phi) is 3.11. The highest BCUT2D eigenvalue weighted by Gasteiger charge is 2.13. The molecule has 0 saturated heterocycles. The van der Waals surface area contributed by atoms with Gasteiger partial charge in [0.15, 0.2) is 0 Å². The van der Waals surface area contributed by atoms with Crippen molar-refractivity contribution in [2.75, 3.05) is 0 Å². The summed E-state index contributed by atoms with van der Waals surface area (Å²) in [6.07, 6.45) is 0. The number of rotatable bonds is 2. The van der Waals surface area contributed by atoms with Gasteiger partial charge in [-0.25, -0.2) is 4.68 Å². The molecule has 3 rings (SSSR count). The van der Waals surface area contributed by atoms with E-state index in [2.05, 4.69) is 5.10 Å². The van der Waals surface area contributed by atoms with Gasteiger partial charge in [0.05, 0.1) is 17.1 Å². The van der Waals surface area contributed by atoms with Gasteiger partial charge in [0.2, 0.25) is 0 Å². The molecule has 0 atom stereocenters. The van der Waals surface area contributed by atoms with Crippen molar-refractivity contribution in [1.29, 1.82) is 0 Å². The highest BCUT2D eigenvalue weighted by atomic mass is 16.1. The largest absolute Gasteiger partial charge is 0.274 e. The molecule has 0 N–H and O–H groups in total. The van der Waals surface area contributed by atoms with E-state index in [4.69, 9.17) is 0 Å². The van der Waals surface area contributed by atoms with Gasteiger partial charge in [-0.05, 0) is 19.9 Å². The number of hydrogen-bond donors (Lipinski definition) is 0. The third-order valence-corrected chi connectivity index (χ3v) is 3.36. The van der Waals surface area contributed by atoms with Crippen molar-refractivity contribution in [2.45, 2.75) is 19.9 Å². The standard InChI is InChI=1S/C17H16N2O/c1-12(2)19-17(20)15-11-7-6-10-14(15)16(18-19)13-8-4-3-5-9-13/h3-12H,1-2H3. The quantitative estimate of drug-likeness (QED) is 0.708. The summed E-state index contributed by atoms with van der Waals surface area (Å²) in [5.41, 5.74) is 1.85. The molecule has 3 aromatic rings. The van der Waals surface area contributed by atoms with Crippen LogP contribution in [0.1, 0.15) is 19.9 Å². The summed E-state index contributed by atoms with van der Waals surface area (Å²) >= 11 is 0. The summed E-state index contributed by atoms with van der Waals surface area (Å²) in [6.45, 7) is 3.94. The van der Waals surface area contributed by atoms with Gasteiger partial charge in [0.25, 0.3) is 5.56 Å². The van der Waals surface area contributed by atoms with Crippen molar-refractivity contribution in [1.82, 2.24) is 9.78 Å². The normalized spacial score (nSPS) is 11.2. The van der Waals surface area contributed by atoms with Gasteiger partial charge < -0.3 is 0 Å². The van der Waals surface area contributed by atoms with Gasteiger partial charge in [-0.3, -0.25) is 4.79 Å². The monoisotopic (exact) mass is 264 g/mol. The van der Waals surface area contributed by atoms with Gasteiger partial charge in [-0.1, -0.05) is 48.5 Å². The highest BCUT2D eigenvalue weighted by Crippen LogP contribution is 2.24. The Balaban J connectivity index is 2.42. The third-order valence-electron chi connectivity index (χ3n) is 3.36. The number of fused-ring (bicyclic) bond motifs is 1. The first-order valence-electron chi connectivity index (χ1n) is 6.75. The number of hydrogen-bond acceptors (Lipinski definition) is 2. The minimum absolute atomic E-state index is 0.0321. The number of aromatic nitrogens is 2. The summed E-state index contributed by atoms with van der Waals surface area (Å²) in [7, 11) is 0. The average Bonchev–Trinajstić information content (AvgIpc) is 2.48. The van der Waals surface area contributed by atoms with E-state index in [1.807, 2.05) is 68.4 Å². The smallest absolute Gasteiger partial charge is 0.267 e. The Morgan fingerprint density at radius 1 is 0.900 bits per heavy atom. The van der Waals surface area contributed by atoms with Crippen LogP contribution >= 0.6 is 0 Å². The molecule has 0 aliphatic rings. The molecule has 2 aromatic carbocycles. The lowest BCUT2D eigenvalue weighted by molar-refractivity contribution is 0.510. The van der Waals surface area contributed by atoms with E-state index in [9.17, 15) is 4.79 Å². The summed E-state index contributed by atoms with van der Waals surface area (Å²) in [5.74, 6) is 0. The van der Waals surface area contributed by atoms with E-state index < -0.39 is 0 Å². The molecular formula is C17H16N2O. The molecule has 0 bridgehead atoms. The topological polar surface area (TPSA) is 34.9 Å². The number of nitrogens with zero attached hydrogens (tertiary/aromatic N) is 2. The zero-order chi connectivity index (χ0) is 14.1. The zero-order valence-corrected chi connectivity index (χ0v) is 11.6. The van der Waals surface area contributed by atoms with Crippen molar-refractivity contribution >= 4 is 10.8 Å². The summed E-state index contributed by atoms with van der Waals surface area (Å²) < 4.78 is 1.56. The van der Waals surface area contributed by atoms with Crippen LogP contribution in [0.15, 0.2) is 59.4 Å². The SMILES string of the molecule is CC(C)n1nc(-c2ccccc2)c2ccccc2c1=O. The molecule has 0 saturated carbocycles. The maximum absolute atomic E-state index is 12.5. The fraction of sp³-hybridized carbons (Fsp3) is 0.176. The fourth-order valence-electron chi connectivity index (χ4n) is 2.37. The van der Waals surface area contributed by atoms with Crippen LogP contribution < -0.4 is 5.56 Å². The Labute approximate surface area is 117 Å². The van der Waals surface area contributed by atoms with Crippen LogP contribution in [0.4, 0.5) is 0 Å². The van der Waals surface area contributed by atoms with Gasteiger partial charge in [0.1, 0.15) is 0 Å². The second-order valence-corrected chi connectivity index (χ2v) is 5.10. The molecule has 0 fully saturated rings. The predicted molar refractivity (Wildman–Crippen MR) is 81.8 cm³/mol. The minimum atomic E-state index is -0.0321. The minimum Gasteiger partial charge on any atom is -0.267 e. The van der Waals surface area contributed by atoms with Crippen molar-refractivity contribution < 1.29 is 0 Å². The molecule has 0 unspecified atom stereocenters. The van der Waals surface area contributed by atoms with E-state index in [1.54, 1.807) is 4.68 Å². The Hall–Kier alpha value is -2.42. The van der Waals surface area contributed by atoms with Crippen LogP contribution in [0.5, 0.6) is 0 Å². The van der Waals surface area contributed by atoms with E-state index in [0.717, 1.165) is 22.0 Å². The number of benzene rings is 2. The molecule has 3 nitrogen and oxygen atoms in total. The van der Waals surface area contributed by atoms with Crippen LogP contribution in [0.25, 0.3) is 22.0 Å². The van der Waals surface area contributed by atoms with E-state index in [1.165, 1.54) is 0 Å². The van der Waals surface area contributed by atoms with Crippen molar-refractivity contribution in [3.63, 3.8) is 0 Å². The summed E-state index contributed by atoms with van der Waals surface area (Å²) in [4.78, 5) is 12.5. The molecule has 0 spiro atoms. The summed E-state index contributed by atoms with van der Waals surface area (Å²) in [6, 6.07) is 17.7. The maximum Gasteiger partial charge on any atom is 0.274 e. The second-order valence-electron chi connectivity index (χ2n) is 5.10. The highest BCUT2D eigenvalue weighted by molar-refractivity contribution is 5.93. The predicted octanol–water partition coefficient (Wildman–Crippen LogP) is 3.64. The molecular weight excluding hydrogens is 248 g/mol. The van der Waals surface area contributed by atoms with Crippen molar-refractivity contribution in [3.05, 3.63) is 65.0 Å². The summed E-state index contributed by atoms with van der Waals surface area (Å²) in [5, 5.41) is 6.20. The van der Waals surface area contributed by atoms with E-state index >= 15 is 0 Å². The molecule has 0 aliphatic heterocycles. The van der Waals surface area contributed by atoms with Crippen molar-refractivity contribution in [3.8, 4) is 11.3 Å². The van der Waals surface area contributed by atoms with Crippen molar-refractivity contribution in [2.24, 2.45) is 0 Å². The van der Waals surface area contributed by atoms with Crippen LogP contribution in [0, 0.1) is 0 Å². The Morgan fingerprint density at radius 2 is 1.50 bits per heavy atom. The lowest BCUT2D eigenvalue weighted by atomic mass is 10.1. The molecule has 100 valence electrons. The Morgan fingerprint density at radius 3 is 2.15 bits per heavy atom. The molecule has 0 radical (unpaired) electrons. The second kappa shape index (κ2) is 4.93. The lowest BCUT2D eigenvalue weighted by Crippen LogP contribution is -2.25. The Bertz CT molecular complexity index is 804. The fourth-order valence-corrected chi connectivity index (χ4v) is 2.37. The lowest BCUT2D eigenvalue weighted by Gasteiger charge is -2.13. The molecule has 3 heteroatoms. The first-order valence-corrected chi connectivity index (χ1v) is 6.75.